The van der Waals surface area contributed by atoms with E-state index in [2.05, 4.69) is 4.90 Å². The first kappa shape index (κ1) is 15.9. The number of rotatable bonds is 5. The van der Waals surface area contributed by atoms with E-state index in [1.807, 2.05) is 4.90 Å². The number of nitro benzene ring substituents is 1. The predicted octanol–water partition coefficient (Wildman–Crippen LogP) is 1.24. The molecule has 124 valence electrons. The molecule has 0 N–H and O–H groups in total. The van der Waals surface area contributed by atoms with Crippen molar-refractivity contribution in [1.29, 1.82) is 0 Å². The molecule has 2 saturated heterocycles. The third-order valence-electron chi connectivity index (χ3n) is 4.59. The smallest absolute Gasteiger partial charge is 0.269 e. The summed E-state index contributed by atoms with van der Waals surface area (Å²) < 4.78 is 5.32. The fourth-order valence-electron chi connectivity index (χ4n) is 3.19. The Balaban J connectivity index is 1.56. The van der Waals surface area contributed by atoms with Crippen LogP contribution < -0.4 is 0 Å². The van der Waals surface area contributed by atoms with Gasteiger partial charge in [-0.1, -0.05) is 12.1 Å². The van der Waals surface area contributed by atoms with E-state index >= 15 is 0 Å². The first-order chi connectivity index (χ1) is 11.1. The molecule has 2 aliphatic rings. The number of nitrogens with zero attached hydrogens (tertiary/aromatic N) is 3. The Morgan fingerprint density at radius 1 is 1.13 bits per heavy atom. The summed E-state index contributed by atoms with van der Waals surface area (Å²) in [7, 11) is 0. The molecule has 1 amide bonds. The SMILES string of the molecule is O=C1C(c2ccc([N+](=O)[O-])cc2)CCN1CCN1CCOCC1. The van der Waals surface area contributed by atoms with Gasteiger partial charge in [0.05, 0.1) is 24.1 Å². The van der Waals surface area contributed by atoms with E-state index in [9.17, 15) is 14.9 Å². The number of morpholine rings is 1. The molecule has 7 nitrogen and oxygen atoms in total. The number of likely N-dealkylation sites (tertiary alicyclic amines) is 1. The van der Waals surface area contributed by atoms with Crippen LogP contribution in [-0.2, 0) is 9.53 Å². The molecule has 3 rings (SSSR count). The summed E-state index contributed by atoms with van der Waals surface area (Å²) >= 11 is 0. The third-order valence-corrected chi connectivity index (χ3v) is 4.59. The highest BCUT2D eigenvalue weighted by atomic mass is 16.6. The van der Waals surface area contributed by atoms with Gasteiger partial charge >= 0.3 is 0 Å². The van der Waals surface area contributed by atoms with Gasteiger partial charge in [0.15, 0.2) is 0 Å². The second-order valence-electron chi connectivity index (χ2n) is 5.97. The van der Waals surface area contributed by atoms with E-state index in [4.69, 9.17) is 4.74 Å². The first-order valence-electron chi connectivity index (χ1n) is 7.98. The maximum atomic E-state index is 12.5. The van der Waals surface area contributed by atoms with Crippen LogP contribution in [0.15, 0.2) is 24.3 Å². The molecule has 1 atom stereocenters. The highest BCUT2D eigenvalue weighted by Crippen LogP contribution is 2.29. The highest BCUT2D eigenvalue weighted by Gasteiger charge is 2.32. The predicted molar refractivity (Wildman–Crippen MR) is 84.3 cm³/mol. The number of hydrogen-bond acceptors (Lipinski definition) is 5. The van der Waals surface area contributed by atoms with E-state index in [-0.39, 0.29) is 17.5 Å². The number of amides is 1. The number of benzene rings is 1. The molecule has 2 aliphatic heterocycles. The zero-order valence-electron chi connectivity index (χ0n) is 13.0. The van der Waals surface area contributed by atoms with Gasteiger partial charge in [-0.3, -0.25) is 19.8 Å². The van der Waals surface area contributed by atoms with E-state index < -0.39 is 4.92 Å². The van der Waals surface area contributed by atoms with Crippen LogP contribution in [-0.4, -0.2) is 66.6 Å². The van der Waals surface area contributed by atoms with E-state index in [1.54, 1.807) is 12.1 Å². The zero-order valence-corrected chi connectivity index (χ0v) is 13.0. The number of hydrogen-bond donors (Lipinski definition) is 0. The molecule has 0 aliphatic carbocycles. The number of non-ortho nitro benzene ring substituents is 1. The lowest BCUT2D eigenvalue weighted by atomic mass is 9.97. The van der Waals surface area contributed by atoms with Crippen molar-refractivity contribution in [3.63, 3.8) is 0 Å². The maximum Gasteiger partial charge on any atom is 0.269 e. The van der Waals surface area contributed by atoms with Gasteiger partial charge in [-0.2, -0.15) is 0 Å². The molecule has 2 heterocycles. The average molecular weight is 319 g/mol. The van der Waals surface area contributed by atoms with Crippen LogP contribution in [0.3, 0.4) is 0 Å². The normalized spacial score (nSPS) is 22.5. The van der Waals surface area contributed by atoms with Gasteiger partial charge in [0, 0.05) is 44.9 Å². The Bertz CT molecular complexity index is 569. The molecule has 0 radical (unpaired) electrons. The molecule has 1 unspecified atom stereocenters. The number of ether oxygens (including phenoxy) is 1. The molecular weight excluding hydrogens is 298 g/mol. The van der Waals surface area contributed by atoms with Crippen LogP contribution in [0.2, 0.25) is 0 Å². The van der Waals surface area contributed by atoms with Gasteiger partial charge in [0.1, 0.15) is 0 Å². The standard InChI is InChI=1S/C16H21N3O4/c20-16-15(13-1-3-14(4-2-13)19(21)22)5-6-18(16)8-7-17-9-11-23-12-10-17/h1-4,15H,5-12H2. The lowest BCUT2D eigenvalue weighted by Crippen LogP contribution is -2.42. The van der Waals surface area contributed by atoms with Crippen LogP contribution in [0.1, 0.15) is 17.9 Å². The van der Waals surface area contributed by atoms with Crippen molar-refractivity contribution >= 4 is 11.6 Å². The number of nitro groups is 1. The van der Waals surface area contributed by atoms with Crippen LogP contribution >= 0.6 is 0 Å². The van der Waals surface area contributed by atoms with Crippen molar-refractivity contribution in [2.45, 2.75) is 12.3 Å². The Morgan fingerprint density at radius 3 is 2.48 bits per heavy atom. The van der Waals surface area contributed by atoms with Crippen molar-refractivity contribution < 1.29 is 14.5 Å². The zero-order chi connectivity index (χ0) is 16.2. The summed E-state index contributed by atoms with van der Waals surface area (Å²) in [5, 5.41) is 10.7. The summed E-state index contributed by atoms with van der Waals surface area (Å²) in [6.07, 6.45) is 0.778. The van der Waals surface area contributed by atoms with E-state index in [0.29, 0.717) is 0 Å². The fourth-order valence-corrected chi connectivity index (χ4v) is 3.19. The molecule has 0 aromatic heterocycles. The van der Waals surface area contributed by atoms with Crippen molar-refractivity contribution in [3.8, 4) is 0 Å². The van der Waals surface area contributed by atoms with Gasteiger partial charge in [0.2, 0.25) is 5.91 Å². The van der Waals surface area contributed by atoms with E-state index in [1.165, 1.54) is 12.1 Å². The van der Waals surface area contributed by atoms with Gasteiger partial charge in [0.25, 0.3) is 5.69 Å². The Labute approximate surface area is 135 Å². The average Bonchev–Trinajstić information content (AvgIpc) is 2.95. The quantitative estimate of drug-likeness (QED) is 0.603. The van der Waals surface area contributed by atoms with Crippen LogP contribution in [0, 0.1) is 10.1 Å². The fraction of sp³-hybridized carbons (Fsp3) is 0.562. The van der Waals surface area contributed by atoms with Gasteiger partial charge in [-0.25, -0.2) is 0 Å². The first-order valence-corrected chi connectivity index (χ1v) is 7.98. The minimum absolute atomic E-state index is 0.0587. The summed E-state index contributed by atoms with van der Waals surface area (Å²) in [4.78, 5) is 27.0. The van der Waals surface area contributed by atoms with Gasteiger partial charge < -0.3 is 9.64 Å². The van der Waals surface area contributed by atoms with Crippen molar-refractivity contribution in [2.24, 2.45) is 0 Å². The van der Waals surface area contributed by atoms with Crippen molar-refractivity contribution in [2.75, 3.05) is 45.9 Å². The molecule has 1 aromatic carbocycles. The second kappa shape index (κ2) is 7.06. The van der Waals surface area contributed by atoms with Crippen LogP contribution in [0.5, 0.6) is 0 Å². The molecule has 7 heteroatoms. The van der Waals surface area contributed by atoms with Crippen LogP contribution in [0.4, 0.5) is 5.69 Å². The molecular formula is C16H21N3O4. The Morgan fingerprint density at radius 2 is 1.83 bits per heavy atom. The molecule has 1 aromatic rings. The Kier molecular flexibility index (Phi) is 4.88. The summed E-state index contributed by atoms with van der Waals surface area (Å²) in [5.41, 5.74) is 0.929. The number of carbonyl (C=O) groups excluding carboxylic acids is 1. The minimum atomic E-state index is -0.422. The maximum absolute atomic E-state index is 12.5. The molecule has 0 spiro atoms. The largest absolute Gasteiger partial charge is 0.379 e. The Hall–Kier alpha value is -1.99. The monoisotopic (exact) mass is 319 g/mol. The second-order valence-corrected chi connectivity index (χ2v) is 5.97. The van der Waals surface area contributed by atoms with Crippen molar-refractivity contribution in [1.82, 2.24) is 9.80 Å². The number of carbonyl (C=O) groups is 1. The van der Waals surface area contributed by atoms with Crippen LogP contribution in [0.25, 0.3) is 0 Å². The molecule has 2 fully saturated rings. The molecule has 0 saturated carbocycles. The van der Waals surface area contributed by atoms with Gasteiger partial charge in [-0.05, 0) is 12.0 Å². The minimum Gasteiger partial charge on any atom is -0.379 e. The highest BCUT2D eigenvalue weighted by molar-refractivity contribution is 5.85. The lowest BCUT2D eigenvalue weighted by Gasteiger charge is -2.28. The van der Waals surface area contributed by atoms with Gasteiger partial charge in [-0.15, -0.1) is 0 Å². The van der Waals surface area contributed by atoms with E-state index in [0.717, 1.165) is 57.9 Å². The summed E-state index contributed by atoms with van der Waals surface area (Å²) in [6.45, 7) is 5.75. The van der Waals surface area contributed by atoms with Crippen molar-refractivity contribution in [3.05, 3.63) is 39.9 Å². The topological polar surface area (TPSA) is 75.9 Å². The molecule has 23 heavy (non-hydrogen) atoms. The summed E-state index contributed by atoms with van der Waals surface area (Å²) in [6, 6.07) is 6.34. The lowest BCUT2D eigenvalue weighted by molar-refractivity contribution is -0.384. The third kappa shape index (κ3) is 3.68. The molecule has 0 bridgehead atoms. The summed E-state index contributed by atoms with van der Waals surface area (Å²) in [5.74, 6) is -0.0346.